The van der Waals surface area contributed by atoms with Crippen molar-refractivity contribution in [1.29, 1.82) is 0 Å². The Balaban J connectivity index is 1.05. The summed E-state index contributed by atoms with van der Waals surface area (Å²) in [5.74, 6) is -2.77. The molecule has 0 saturated carbocycles. The molecular weight excluding hydrogens is 913 g/mol. The number of nitro groups is 3. The van der Waals surface area contributed by atoms with E-state index in [1.54, 1.807) is 11.8 Å². The molecule has 3 aromatic carbocycles. The predicted octanol–water partition coefficient (Wildman–Crippen LogP) is 4.98. The molecule has 7 atom stereocenters. The third kappa shape index (κ3) is 10.7. The van der Waals surface area contributed by atoms with Crippen molar-refractivity contribution in [2.24, 2.45) is 16.8 Å². The first-order valence-electron chi connectivity index (χ1n) is 21.4. The fourth-order valence-electron chi connectivity index (χ4n) is 8.62. The van der Waals surface area contributed by atoms with Gasteiger partial charge in [0.15, 0.2) is 0 Å². The van der Waals surface area contributed by atoms with Gasteiger partial charge in [-0.3, -0.25) is 44.8 Å². The van der Waals surface area contributed by atoms with Gasteiger partial charge in [-0.05, 0) is 79.8 Å². The number of aliphatic hydroxyl groups excluding tert-OH is 1. The number of esters is 1. The predicted molar refractivity (Wildman–Crippen MR) is 239 cm³/mol. The number of aliphatic imine (C=N–C) groups is 1. The number of benzene rings is 3. The Hall–Kier alpha value is -7.47. The Morgan fingerprint density at radius 1 is 0.824 bits per heavy atom. The number of nitro benzene ring substituents is 3. The third-order valence-electron chi connectivity index (χ3n) is 12.2. The highest BCUT2D eigenvalue weighted by Gasteiger charge is 2.60. The van der Waals surface area contributed by atoms with Gasteiger partial charge in [0, 0.05) is 78.1 Å². The largest absolute Gasteiger partial charge is 0.456 e. The fraction of sp³-hybridized carbons (Fsp3) is 0.409. The lowest BCUT2D eigenvalue weighted by molar-refractivity contribution is -0.385. The lowest BCUT2D eigenvalue weighted by Gasteiger charge is -2.46. The van der Waals surface area contributed by atoms with Crippen LogP contribution in [0.15, 0.2) is 88.4 Å². The van der Waals surface area contributed by atoms with E-state index in [0.717, 1.165) is 0 Å². The Bertz CT molecular complexity index is 2560. The number of amides is 4. The second kappa shape index (κ2) is 20.6. The van der Waals surface area contributed by atoms with Crippen LogP contribution >= 0.6 is 11.8 Å². The fourth-order valence-corrected chi connectivity index (χ4v) is 10.1. The number of carbonyl (C=O) groups excluding carboxylic acids is 5. The van der Waals surface area contributed by atoms with Gasteiger partial charge < -0.3 is 34.4 Å². The van der Waals surface area contributed by atoms with Gasteiger partial charge in [-0.1, -0.05) is 6.92 Å². The first kappa shape index (κ1) is 48.5. The minimum atomic E-state index is -1.08. The molecule has 24 heteroatoms. The summed E-state index contributed by atoms with van der Waals surface area (Å²) < 4.78 is 16.5. The van der Waals surface area contributed by atoms with Gasteiger partial charge in [0.1, 0.15) is 37.4 Å². The molecule has 4 aliphatic heterocycles. The Kier molecular flexibility index (Phi) is 14.7. The Morgan fingerprint density at radius 2 is 1.34 bits per heavy atom. The van der Waals surface area contributed by atoms with Crippen LogP contribution in [0.25, 0.3) is 0 Å². The van der Waals surface area contributed by atoms with Gasteiger partial charge in [-0.15, -0.1) is 11.8 Å². The first-order chi connectivity index (χ1) is 32.4. The maximum absolute atomic E-state index is 14.2. The van der Waals surface area contributed by atoms with Crippen molar-refractivity contribution < 1.29 is 58.1 Å². The molecule has 0 radical (unpaired) electrons. The van der Waals surface area contributed by atoms with Crippen LogP contribution < -0.4 is 5.32 Å². The number of hydrogen-bond acceptors (Lipinski definition) is 16. The van der Waals surface area contributed by atoms with Gasteiger partial charge >= 0.3 is 18.2 Å². The van der Waals surface area contributed by atoms with E-state index in [2.05, 4.69) is 10.3 Å². The number of nitrogens with one attached hydrogen (secondary N) is 1. The molecule has 358 valence electrons. The van der Waals surface area contributed by atoms with Crippen LogP contribution in [0.2, 0.25) is 0 Å². The maximum atomic E-state index is 14.2. The number of ether oxygens (including phenoxy) is 3. The molecule has 4 amide bonds. The van der Waals surface area contributed by atoms with Crippen molar-refractivity contribution in [3.63, 3.8) is 0 Å². The molecule has 3 fully saturated rings. The zero-order chi connectivity index (χ0) is 49.0. The van der Waals surface area contributed by atoms with Crippen LogP contribution in [0.4, 0.5) is 26.7 Å². The van der Waals surface area contributed by atoms with Crippen LogP contribution in [-0.4, -0.2) is 119 Å². The number of aliphatic hydroxyl groups is 1. The minimum absolute atomic E-state index is 0.0326. The minimum Gasteiger partial charge on any atom is -0.456 e. The molecule has 3 saturated heterocycles. The molecule has 4 aliphatic rings. The first-order valence-corrected chi connectivity index (χ1v) is 22.3. The lowest BCUT2D eigenvalue weighted by Crippen LogP contribution is -2.63. The maximum Gasteiger partial charge on any atom is 0.435 e. The van der Waals surface area contributed by atoms with Gasteiger partial charge in [-0.2, -0.15) is 4.99 Å². The highest BCUT2D eigenvalue weighted by Crippen LogP contribution is 2.52. The molecule has 4 heterocycles. The number of β-lactam (4-membered cyclic amide) rings is 1. The molecule has 68 heavy (non-hydrogen) atoms. The lowest BCUT2D eigenvalue weighted by atomic mass is 9.79. The van der Waals surface area contributed by atoms with Crippen LogP contribution in [0, 0.1) is 42.2 Å². The van der Waals surface area contributed by atoms with E-state index in [9.17, 15) is 59.4 Å². The van der Waals surface area contributed by atoms with Gasteiger partial charge in [0.25, 0.3) is 17.1 Å². The molecule has 0 unspecified atom stereocenters. The Labute approximate surface area is 391 Å². The van der Waals surface area contributed by atoms with E-state index < -0.39 is 86.1 Å². The third-order valence-corrected chi connectivity index (χ3v) is 13.7. The SMILES string of the molecule is CC(=NC(=O)OCc1ccc([N+](=O)[O-])cc1)N1CC[C@@H](NC(=O)[C@@H]2C[C@H](SC3=C(C(=O)OCc4ccc([N+](=O)[O-])cc4)N4C(=O)[C@H]([C@@H](C)O)[C@H]4[C@H]3C)CN2C(=O)OCc2ccc([N+](=O)[O-])cc2)C1. The van der Waals surface area contributed by atoms with Crippen LogP contribution in [0.1, 0.15) is 50.3 Å². The monoisotopic (exact) mass is 958 g/mol. The molecule has 0 spiro atoms. The molecule has 0 bridgehead atoms. The van der Waals surface area contributed by atoms with Crippen molar-refractivity contribution in [2.75, 3.05) is 19.6 Å². The van der Waals surface area contributed by atoms with E-state index in [-0.39, 0.29) is 62.1 Å². The molecule has 3 aromatic rings. The molecule has 7 rings (SSSR count). The topological polar surface area (TPSA) is 297 Å². The molecule has 2 N–H and O–H groups in total. The van der Waals surface area contributed by atoms with Crippen LogP contribution in [0.3, 0.4) is 0 Å². The second-order valence-corrected chi connectivity index (χ2v) is 18.0. The zero-order valence-electron chi connectivity index (χ0n) is 36.8. The number of thioether (sulfide) groups is 1. The highest BCUT2D eigenvalue weighted by atomic mass is 32.2. The summed E-state index contributed by atoms with van der Waals surface area (Å²) in [6.07, 6.45) is -2.22. The molecule has 0 aromatic heterocycles. The van der Waals surface area contributed by atoms with Crippen molar-refractivity contribution in [3.05, 3.63) is 130 Å². The average Bonchev–Trinajstić information content (AvgIpc) is 4.02. The molecular formula is C44H46N8O15S. The van der Waals surface area contributed by atoms with Crippen LogP contribution in [0.5, 0.6) is 0 Å². The number of fused-ring (bicyclic) bond motifs is 1. The van der Waals surface area contributed by atoms with E-state index >= 15 is 0 Å². The number of amidine groups is 1. The number of likely N-dealkylation sites (tertiary alicyclic amines) is 2. The van der Waals surface area contributed by atoms with E-state index in [0.29, 0.717) is 40.4 Å². The average molecular weight is 959 g/mol. The Morgan fingerprint density at radius 3 is 1.85 bits per heavy atom. The standard InChI is InChI=1S/C44H46N8O15S/c1-24-37-36(25(2)53)41(55)49(37)38(42(56)65-21-27-4-10-31(11-5-27)50(59)60)39(24)68-34-18-35(48(20-34)44(58)67-23-29-8-14-33(15-9-29)52(63)64)40(54)46-30-16-17-47(19-30)26(3)45-43(57)66-22-28-6-12-32(13-7-28)51(61)62/h4-15,24-25,30,34-37,53H,16-23H2,1-3H3,(H,46,54)/t24-,25-,30-,34+,35+,36-,37-/m1/s1. The van der Waals surface area contributed by atoms with Crippen molar-refractivity contribution >= 4 is 64.6 Å². The summed E-state index contributed by atoms with van der Waals surface area (Å²) in [7, 11) is 0. The summed E-state index contributed by atoms with van der Waals surface area (Å²) in [5.41, 5.74) is 0.993. The molecule has 0 aliphatic carbocycles. The number of non-ortho nitro benzene ring substituents is 3. The summed E-state index contributed by atoms with van der Waals surface area (Å²) in [6.45, 7) is 4.85. The van der Waals surface area contributed by atoms with Crippen LogP contribution in [-0.2, 0) is 48.4 Å². The van der Waals surface area contributed by atoms with Gasteiger partial charge in [0.2, 0.25) is 11.8 Å². The number of hydrogen-bond donors (Lipinski definition) is 2. The van der Waals surface area contributed by atoms with Gasteiger partial charge in [-0.25, -0.2) is 14.4 Å². The van der Waals surface area contributed by atoms with Crippen molar-refractivity contribution in [2.45, 2.75) is 82.9 Å². The zero-order valence-corrected chi connectivity index (χ0v) is 37.6. The number of rotatable bonds is 15. The summed E-state index contributed by atoms with van der Waals surface area (Å²) >= 11 is 1.21. The summed E-state index contributed by atoms with van der Waals surface area (Å²) in [4.78, 5) is 108. The quantitative estimate of drug-likeness (QED) is 0.0386. The second-order valence-electron chi connectivity index (χ2n) is 16.7. The summed E-state index contributed by atoms with van der Waals surface area (Å²) in [6, 6.07) is 14.3. The molecule has 23 nitrogen and oxygen atoms in total. The normalized spacial score (nSPS) is 22.6. The smallest absolute Gasteiger partial charge is 0.435 e. The van der Waals surface area contributed by atoms with Crippen molar-refractivity contribution in [3.8, 4) is 0 Å². The van der Waals surface area contributed by atoms with Gasteiger partial charge in [0.05, 0.1) is 32.8 Å². The number of carbonyl (C=O) groups is 5. The van der Waals surface area contributed by atoms with E-state index in [4.69, 9.17) is 14.2 Å². The van der Waals surface area contributed by atoms with E-state index in [1.165, 1.54) is 101 Å². The highest BCUT2D eigenvalue weighted by molar-refractivity contribution is 8.03. The number of nitrogens with zero attached hydrogens (tertiary/aromatic N) is 7. The van der Waals surface area contributed by atoms with Crippen molar-refractivity contribution in [1.82, 2.24) is 20.0 Å². The van der Waals surface area contributed by atoms with E-state index in [1.807, 2.05) is 6.92 Å². The summed E-state index contributed by atoms with van der Waals surface area (Å²) in [5, 5.41) is 46.3.